The van der Waals surface area contributed by atoms with Crippen LogP contribution in [0.15, 0.2) is 18.2 Å². The standard InChI is InChI=1S/C13H15N3O6/c17-11(18)8-14-13(19)9-2-1-3-10(16(20)21)12(9)15-4-6-22-7-5-15/h1-3H,4-8H2,(H,14,19)(H,17,18). The maximum atomic E-state index is 12.1. The van der Waals surface area contributed by atoms with Crippen LogP contribution in [0.2, 0.25) is 0 Å². The second kappa shape index (κ2) is 6.85. The first-order chi connectivity index (χ1) is 10.5. The van der Waals surface area contributed by atoms with E-state index in [9.17, 15) is 19.7 Å². The van der Waals surface area contributed by atoms with Gasteiger partial charge in [0.25, 0.3) is 11.6 Å². The molecule has 2 rings (SSSR count). The first-order valence-corrected chi connectivity index (χ1v) is 6.61. The molecule has 1 aromatic carbocycles. The highest BCUT2D eigenvalue weighted by Gasteiger charge is 2.27. The van der Waals surface area contributed by atoms with Gasteiger partial charge < -0.3 is 20.1 Å². The van der Waals surface area contributed by atoms with Gasteiger partial charge in [0, 0.05) is 19.2 Å². The molecule has 1 heterocycles. The maximum Gasteiger partial charge on any atom is 0.322 e. The van der Waals surface area contributed by atoms with Crippen LogP contribution < -0.4 is 10.2 Å². The Balaban J connectivity index is 2.39. The highest BCUT2D eigenvalue weighted by atomic mass is 16.6. The number of nitrogens with zero attached hydrogens (tertiary/aromatic N) is 2. The van der Waals surface area contributed by atoms with E-state index in [0.717, 1.165) is 0 Å². The van der Waals surface area contributed by atoms with Gasteiger partial charge in [-0.1, -0.05) is 6.07 Å². The van der Waals surface area contributed by atoms with Crippen LogP contribution in [-0.2, 0) is 9.53 Å². The van der Waals surface area contributed by atoms with Crippen LogP contribution in [0.4, 0.5) is 11.4 Å². The summed E-state index contributed by atoms with van der Waals surface area (Å²) < 4.78 is 5.21. The smallest absolute Gasteiger partial charge is 0.322 e. The number of aliphatic carboxylic acids is 1. The van der Waals surface area contributed by atoms with E-state index in [-0.39, 0.29) is 16.9 Å². The molecule has 1 saturated heterocycles. The molecule has 1 fully saturated rings. The second-order valence-electron chi connectivity index (χ2n) is 4.61. The summed E-state index contributed by atoms with van der Waals surface area (Å²) in [7, 11) is 0. The summed E-state index contributed by atoms with van der Waals surface area (Å²) in [6.45, 7) is 1.10. The molecular weight excluding hydrogens is 294 g/mol. The molecule has 0 radical (unpaired) electrons. The third-order valence-electron chi connectivity index (χ3n) is 3.18. The van der Waals surface area contributed by atoms with Crippen molar-refractivity contribution in [1.29, 1.82) is 0 Å². The Bertz CT molecular complexity index is 597. The van der Waals surface area contributed by atoms with E-state index in [1.165, 1.54) is 18.2 Å². The van der Waals surface area contributed by atoms with Crippen molar-refractivity contribution in [3.05, 3.63) is 33.9 Å². The Morgan fingerprint density at radius 2 is 2.05 bits per heavy atom. The van der Waals surface area contributed by atoms with Crippen molar-refractivity contribution >= 4 is 23.3 Å². The van der Waals surface area contributed by atoms with Crippen LogP contribution in [0.1, 0.15) is 10.4 Å². The molecule has 1 aliphatic rings. The molecule has 2 N–H and O–H groups in total. The molecule has 0 saturated carbocycles. The Labute approximate surface area is 125 Å². The van der Waals surface area contributed by atoms with Gasteiger partial charge in [-0.3, -0.25) is 19.7 Å². The SMILES string of the molecule is O=C(O)CNC(=O)c1cccc([N+](=O)[O-])c1N1CCOCC1. The van der Waals surface area contributed by atoms with Crippen LogP contribution in [0.5, 0.6) is 0 Å². The van der Waals surface area contributed by atoms with Gasteiger partial charge in [0.1, 0.15) is 12.2 Å². The van der Waals surface area contributed by atoms with Crippen molar-refractivity contribution in [3.63, 3.8) is 0 Å². The number of amides is 1. The van der Waals surface area contributed by atoms with Gasteiger partial charge in [0.05, 0.1) is 23.7 Å². The van der Waals surface area contributed by atoms with Gasteiger partial charge in [0.2, 0.25) is 0 Å². The number of morpholine rings is 1. The quantitative estimate of drug-likeness (QED) is 0.590. The number of nitro groups is 1. The third-order valence-corrected chi connectivity index (χ3v) is 3.18. The lowest BCUT2D eigenvalue weighted by Gasteiger charge is -2.29. The monoisotopic (exact) mass is 309 g/mol. The Morgan fingerprint density at radius 1 is 1.36 bits per heavy atom. The van der Waals surface area contributed by atoms with Gasteiger partial charge in [-0.25, -0.2) is 0 Å². The Kier molecular flexibility index (Phi) is 4.89. The fourth-order valence-corrected chi connectivity index (χ4v) is 2.23. The second-order valence-corrected chi connectivity index (χ2v) is 4.61. The molecule has 0 aliphatic carbocycles. The zero-order chi connectivity index (χ0) is 16.1. The van der Waals surface area contributed by atoms with Gasteiger partial charge in [0.15, 0.2) is 0 Å². The summed E-state index contributed by atoms with van der Waals surface area (Å²) in [6, 6.07) is 4.16. The molecule has 9 heteroatoms. The van der Waals surface area contributed by atoms with Gasteiger partial charge in [-0.05, 0) is 6.07 Å². The third kappa shape index (κ3) is 3.50. The summed E-state index contributed by atoms with van der Waals surface area (Å²) in [4.78, 5) is 35.1. The summed E-state index contributed by atoms with van der Waals surface area (Å²) in [5, 5.41) is 22.1. The molecule has 9 nitrogen and oxygen atoms in total. The Hall–Kier alpha value is -2.68. The lowest BCUT2D eigenvalue weighted by molar-refractivity contribution is -0.384. The Morgan fingerprint density at radius 3 is 2.64 bits per heavy atom. The number of anilines is 1. The molecule has 1 aromatic rings. The van der Waals surface area contributed by atoms with Crippen LogP contribution in [-0.4, -0.2) is 54.8 Å². The van der Waals surface area contributed by atoms with E-state index >= 15 is 0 Å². The molecule has 0 atom stereocenters. The normalized spacial score (nSPS) is 14.5. The molecule has 0 bridgehead atoms. The lowest BCUT2D eigenvalue weighted by Crippen LogP contribution is -2.38. The van der Waals surface area contributed by atoms with Crippen molar-refractivity contribution in [2.75, 3.05) is 37.7 Å². The minimum absolute atomic E-state index is 0.0809. The zero-order valence-electron chi connectivity index (χ0n) is 11.7. The molecule has 118 valence electrons. The van der Waals surface area contributed by atoms with Crippen molar-refractivity contribution in [2.24, 2.45) is 0 Å². The number of nitrogens with one attached hydrogen (secondary N) is 1. The first-order valence-electron chi connectivity index (χ1n) is 6.61. The predicted molar refractivity (Wildman–Crippen MR) is 76.1 cm³/mol. The average Bonchev–Trinajstić information content (AvgIpc) is 2.52. The number of carbonyl (C=O) groups is 2. The minimum Gasteiger partial charge on any atom is -0.480 e. The molecule has 0 unspecified atom stereocenters. The van der Waals surface area contributed by atoms with E-state index < -0.39 is 23.3 Å². The van der Waals surface area contributed by atoms with E-state index in [2.05, 4.69) is 5.32 Å². The number of carbonyl (C=O) groups excluding carboxylic acids is 1. The summed E-state index contributed by atoms with van der Waals surface area (Å²) in [5.74, 6) is -1.85. The van der Waals surface area contributed by atoms with Gasteiger partial charge in [-0.15, -0.1) is 0 Å². The summed E-state index contributed by atoms with van der Waals surface area (Å²) in [5.41, 5.74) is 0.0842. The van der Waals surface area contributed by atoms with Crippen molar-refractivity contribution in [2.45, 2.75) is 0 Å². The number of nitro benzene ring substituents is 1. The lowest BCUT2D eigenvalue weighted by atomic mass is 10.1. The number of ether oxygens (including phenoxy) is 1. The zero-order valence-corrected chi connectivity index (χ0v) is 11.7. The highest BCUT2D eigenvalue weighted by molar-refractivity contribution is 6.02. The van der Waals surface area contributed by atoms with E-state index in [1.54, 1.807) is 4.90 Å². The summed E-state index contributed by atoms with van der Waals surface area (Å²) >= 11 is 0. The first kappa shape index (κ1) is 15.7. The number of hydrogen-bond donors (Lipinski definition) is 2. The fraction of sp³-hybridized carbons (Fsp3) is 0.385. The largest absolute Gasteiger partial charge is 0.480 e. The van der Waals surface area contributed by atoms with Crippen molar-refractivity contribution in [1.82, 2.24) is 5.32 Å². The number of benzene rings is 1. The molecule has 0 spiro atoms. The number of carboxylic acids is 1. The van der Waals surface area contributed by atoms with Crippen LogP contribution >= 0.6 is 0 Å². The van der Waals surface area contributed by atoms with Gasteiger partial charge in [-0.2, -0.15) is 0 Å². The highest BCUT2D eigenvalue weighted by Crippen LogP contribution is 2.32. The van der Waals surface area contributed by atoms with Crippen molar-refractivity contribution in [3.8, 4) is 0 Å². The maximum absolute atomic E-state index is 12.1. The fourth-order valence-electron chi connectivity index (χ4n) is 2.23. The molecule has 22 heavy (non-hydrogen) atoms. The number of para-hydroxylation sites is 1. The van der Waals surface area contributed by atoms with E-state index in [0.29, 0.717) is 26.3 Å². The van der Waals surface area contributed by atoms with Crippen LogP contribution in [0.25, 0.3) is 0 Å². The molecule has 0 aromatic heterocycles. The van der Waals surface area contributed by atoms with Crippen LogP contribution in [0, 0.1) is 10.1 Å². The van der Waals surface area contributed by atoms with Crippen molar-refractivity contribution < 1.29 is 24.4 Å². The predicted octanol–water partition coefficient (Wildman–Crippen LogP) is 0.246. The topological polar surface area (TPSA) is 122 Å². The number of hydrogen-bond acceptors (Lipinski definition) is 6. The average molecular weight is 309 g/mol. The van der Waals surface area contributed by atoms with E-state index in [1.807, 2.05) is 0 Å². The molecule has 1 aliphatic heterocycles. The number of rotatable bonds is 5. The minimum atomic E-state index is -1.19. The van der Waals surface area contributed by atoms with Crippen LogP contribution in [0.3, 0.4) is 0 Å². The summed E-state index contributed by atoms with van der Waals surface area (Å²) in [6.07, 6.45) is 0. The number of carboxylic acid groups (broad SMARTS) is 1. The van der Waals surface area contributed by atoms with E-state index in [4.69, 9.17) is 9.84 Å². The van der Waals surface area contributed by atoms with Gasteiger partial charge >= 0.3 is 5.97 Å². The molecular formula is C13H15N3O6. The molecule has 1 amide bonds.